The van der Waals surface area contributed by atoms with Crippen molar-refractivity contribution >= 4 is 5.69 Å². The van der Waals surface area contributed by atoms with Crippen LogP contribution in [0, 0.1) is 11.6 Å². The molecule has 0 aliphatic carbocycles. The van der Waals surface area contributed by atoms with Crippen LogP contribution in [0.25, 0.3) is 0 Å². The fourth-order valence-corrected chi connectivity index (χ4v) is 2.19. The Kier molecular flexibility index (Phi) is 3.07. The Morgan fingerprint density at radius 3 is 2.68 bits per heavy atom. The van der Waals surface area contributed by atoms with Crippen LogP contribution in [0.15, 0.2) is 36.4 Å². The smallest absolute Gasteiger partial charge is 0.131 e. The molecule has 0 fully saturated rings. The topological polar surface area (TPSA) is 21.3 Å². The monoisotopic (exact) mass is 261 g/mol. The van der Waals surface area contributed by atoms with Crippen LogP contribution in [0.4, 0.5) is 14.5 Å². The summed E-state index contributed by atoms with van der Waals surface area (Å²) >= 11 is 0. The zero-order valence-electron chi connectivity index (χ0n) is 10.2. The normalized spacial score (nSPS) is 12.9. The molecule has 0 atom stereocenters. The third kappa shape index (κ3) is 2.38. The van der Waals surface area contributed by atoms with Gasteiger partial charge in [-0.1, -0.05) is 6.07 Å². The van der Waals surface area contributed by atoms with E-state index in [-0.39, 0.29) is 12.1 Å². The molecule has 2 aromatic carbocycles. The first-order valence-electron chi connectivity index (χ1n) is 6.16. The fraction of sp³-hybridized carbons (Fsp3) is 0.200. The molecule has 1 aliphatic heterocycles. The third-order valence-electron chi connectivity index (χ3n) is 3.22. The van der Waals surface area contributed by atoms with Gasteiger partial charge in [0.2, 0.25) is 0 Å². The molecule has 0 unspecified atom stereocenters. The highest BCUT2D eigenvalue weighted by molar-refractivity contribution is 5.52. The molecule has 4 heteroatoms. The van der Waals surface area contributed by atoms with Gasteiger partial charge in [-0.15, -0.1) is 0 Å². The molecule has 98 valence electrons. The lowest BCUT2D eigenvalue weighted by Gasteiger charge is -2.09. The van der Waals surface area contributed by atoms with Gasteiger partial charge in [0.1, 0.15) is 17.4 Å². The van der Waals surface area contributed by atoms with Crippen molar-refractivity contribution in [2.75, 3.05) is 11.9 Å². The van der Waals surface area contributed by atoms with Gasteiger partial charge in [-0.2, -0.15) is 0 Å². The van der Waals surface area contributed by atoms with Crippen molar-refractivity contribution in [3.05, 3.63) is 59.2 Å². The van der Waals surface area contributed by atoms with Gasteiger partial charge in [-0.3, -0.25) is 0 Å². The van der Waals surface area contributed by atoms with E-state index in [9.17, 15) is 8.78 Å². The van der Waals surface area contributed by atoms with Gasteiger partial charge in [0.15, 0.2) is 0 Å². The Morgan fingerprint density at radius 2 is 1.89 bits per heavy atom. The number of ether oxygens (including phenoxy) is 1. The molecule has 19 heavy (non-hydrogen) atoms. The fourth-order valence-electron chi connectivity index (χ4n) is 2.19. The van der Waals surface area contributed by atoms with Gasteiger partial charge < -0.3 is 10.1 Å². The van der Waals surface area contributed by atoms with Crippen LogP contribution >= 0.6 is 0 Å². The second kappa shape index (κ2) is 4.88. The average Bonchev–Trinajstić information content (AvgIpc) is 2.85. The van der Waals surface area contributed by atoms with Gasteiger partial charge in [0, 0.05) is 24.2 Å². The van der Waals surface area contributed by atoms with E-state index < -0.39 is 11.6 Å². The van der Waals surface area contributed by atoms with Crippen LogP contribution < -0.4 is 10.1 Å². The maximum absolute atomic E-state index is 13.5. The number of rotatable bonds is 3. The lowest BCUT2D eigenvalue weighted by molar-refractivity contribution is 0.357. The first kappa shape index (κ1) is 12.0. The van der Waals surface area contributed by atoms with Crippen molar-refractivity contribution in [1.29, 1.82) is 0 Å². The zero-order chi connectivity index (χ0) is 13.2. The Hall–Kier alpha value is -2.10. The number of hydrogen-bond acceptors (Lipinski definition) is 2. The second-order valence-electron chi connectivity index (χ2n) is 4.47. The minimum atomic E-state index is -0.531. The standard InChI is InChI=1S/C15H13F2NO/c16-13-2-1-3-14(17)12(13)9-18-11-4-5-15-10(8-11)6-7-19-15/h1-5,8,18H,6-7,9H2. The molecule has 0 bridgehead atoms. The molecule has 1 heterocycles. The van der Waals surface area contributed by atoms with Crippen LogP contribution in [0.1, 0.15) is 11.1 Å². The van der Waals surface area contributed by atoms with Gasteiger partial charge in [-0.25, -0.2) is 8.78 Å². The van der Waals surface area contributed by atoms with Gasteiger partial charge in [0.25, 0.3) is 0 Å². The first-order chi connectivity index (χ1) is 9.24. The summed E-state index contributed by atoms with van der Waals surface area (Å²) in [5.41, 5.74) is 2.02. The summed E-state index contributed by atoms with van der Waals surface area (Å²) in [6, 6.07) is 9.57. The molecule has 0 saturated carbocycles. The molecule has 3 rings (SSSR count). The summed E-state index contributed by atoms with van der Waals surface area (Å²) < 4.78 is 32.4. The number of halogens is 2. The molecule has 0 spiro atoms. The number of fused-ring (bicyclic) bond motifs is 1. The minimum absolute atomic E-state index is 0.0549. The molecule has 0 saturated heterocycles. The highest BCUT2D eigenvalue weighted by atomic mass is 19.1. The third-order valence-corrected chi connectivity index (χ3v) is 3.22. The second-order valence-corrected chi connectivity index (χ2v) is 4.47. The van der Waals surface area contributed by atoms with Crippen molar-refractivity contribution < 1.29 is 13.5 Å². The van der Waals surface area contributed by atoms with E-state index in [4.69, 9.17) is 4.74 Å². The maximum Gasteiger partial charge on any atom is 0.131 e. The van der Waals surface area contributed by atoms with E-state index in [2.05, 4.69) is 5.32 Å². The lowest BCUT2D eigenvalue weighted by atomic mass is 10.1. The Labute approximate surface area is 110 Å². The Bertz CT molecular complexity index is 593. The average molecular weight is 261 g/mol. The van der Waals surface area contributed by atoms with Crippen LogP contribution in [0.5, 0.6) is 5.75 Å². The summed E-state index contributed by atoms with van der Waals surface area (Å²) in [4.78, 5) is 0. The number of nitrogens with one attached hydrogen (secondary N) is 1. The van der Waals surface area contributed by atoms with E-state index in [1.54, 1.807) is 0 Å². The van der Waals surface area contributed by atoms with E-state index >= 15 is 0 Å². The van der Waals surface area contributed by atoms with Crippen molar-refractivity contribution in [3.63, 3.8) is 0 Å². The predicted molar refractivity (Wildman–Crippen MR) is 69.3 cm³/mol. The Balaban J connectivity index is 1.76. The molecule has 0 radical (unpaired) electrons. The predicted octanol–water partition coefficient (Wildman–Crippen LogP) is 3.51. The molecule has 1 aliphatic rings. The maximum atomic E-state index is 13.5. The van der Waals surface area contributed by atoms with Crippen LogP contribution in [0.2, 0.25) is 0 Å². The molecule has 0 aromatic heterocycles. The molecular weight excluding hydrogens is 248 g/mol. The van der Waals surface area contributed by atoms with Crippen molar-refractivity contribution in [2.24, 2.45) is 0 Å². The lowest BCUT2D eigenvalue weighted by Crippen LogP contribution is -2.04. The number of benzene rings is 2. The van der Waals surface area contributed by atoms with Crippen molar-refractivity contribution in [3.8, 4) is 5.75 Å². The molecular formula is C15H13F2NO. The number of hydrogen-bond donors (Lipinski definition) is 1. The summed E-state index contributed by atoms with van der Waals surface area (Å²) in [5.74, 6) is -0.170. The molecule has 2 nitrogen and oxygen atoms in total. The van der Waals surface area contributed by atoms with E-state index in [0.717, 1.165) is 23.4 Å². The van der Waals surface area contributed by atoms with Crippen molar-refractivity contribution in [2.45, 2.75) is 13.0 Å². The SMILES string of the molecule is Fc1cccc(F)c1CNc1ccc2c(c1)CCO2. The first-order valence-corrected chi connectivity index (χ1v) is 6.16. The van der Waals surface area contributed by atoms with Crippen molar-refractivity contribution in [1.82, 2.24) is 0 Å². The van der Waals surface area contributed by atoms with E-state index in [1.807, 2.05) is 18.2 Å². The number of anilines is 1. The van der Waals surface area contributed by atoms with Crippen LogP contribution in [-0.2, 0) is 13.0 Å². The highest BCUT2D eigenvalue weighted by Crippen LogP contribution is 2.28. The minimum Gasteiger partial charge on any atom is -0.493 e. The molecule has 2 aromatic rings. The van der Waals surface area contributed by atoms with Gasteiger partial charge >= 0.3 is 0 Å². The van der Waals surface area contributed by atoms with Crippen LogP contribution in [0.3, 0.4) is 0 Å². The van der Waals surface area contributed by atoms with E-state index in [1.165, 1.54) is 18.2 Å². The van der Waals surface area contributed by atoms with Gasteiger partial charge in [-0.05, 0) is 35.9 Å². The summed E-state index contributed by atoms with van der Waals surface area (Å²) in [5, 5.41) is 3.04. The Morgan fingerprint density at radius 1 is 1.11 bits per heavy atom. The summed E-state index contributed by atoms with van der Waals surface area (Å²) in [6.45, 7) is 0.818. The highest BCUT2D eigenvalue weighted by Gasteiger charge is 2.12. The largest absolute Gasteiger partial charge is 0.493 e. The summed E-state index contributed by atoms with van der Waals surface area (Å²) in [6.07, 6.45) is 0.874. The molecule has 1 N–H and O–H groups in total. The quantitative estimate of drug-likeness (QED) is 0.912. The van der Waals surface area contributed by atoms with E-state index in [0.29, 0.717) is 6.61 Å². The summed E-state index contributed by atoms with van der Waals surface area (Å²) in [7, 11) is 0. The molecule has 0 amide bonds. The van der Waals surface area contributed by atoms with Crippen LogP contribution in [-0.4, -0.2) is 6.61 Å². The van der Waals surface area contributed by atoms with Gasteiger partial charge in [0.05, 0.1) is 6.61 Å². The zero-order valence-corrected chi connectivity index (χ0v) is 10.2.